The molecule has 0 spiro atoms. The van der Waals surface area contributed by atoms with Crippen LogP contribution in [0, 0.1) is 5.92 Å². The van der Waals surface area contributed by atoms with Gasteiger partial charge in [-0.25, -0.2) is 4.79 Å². The molecule has 5 heteroatoms. The number of rotatable bonds is 3. The van der Waals surface area contributed by atoms with Crippen molar-refractivity contribution in [3.63, 3.8) is 0 Å². The van der Waals surface area contributed by atoms with E-state index in [-0.39, 0.29) is 5.97 Å². The molecule has 0 aliphatic carbocycles. The summed E-state index contributed by atoms with van der Waals surface area (Å²) in [5.74, 6) is 0.138. The zero-order chi connectivity index (χ0) is 14.7. The standard InChI is InChI=1S/C15H23N3O2/c1-10-9-18(2)8-7-13(10)17-14-11(15(19)20-3)5-4-6-12(14)16/h4-6,10,13,17H,7-9,16H2,1-3H3. The van der Waals surface area contributed by atoms with E-state index < -0.39 is 0 Å². The molecule has 1 saturated heterocycles. The van der Waals surface area contributed by atoms with Crippen molar-refractivity contribution in [3.8, 4) is 0 Å². The molecular formula is C15H23N3O2. The van der Waals surface area contributed by atoms with Crippen molar-refractivity contribution >= 4 is 17.3 Å². The number of nitrogens with two attached hydrogens (primary N) is 1. The van der Waals surface area contributed by atoms with E-state index in [0.29, 0.717) is 28.9 Å². The maximum Gasteiger partial charge on any atom is 0.340 e. The summed E-state index contributed by atoms with van der Waals surface area (Å²) in [5.41, 5.74) is 7.80. The third kappa shape index (κ3) is 3.04. The van der Waals surface area contributed by atoms with Crippen LogP contribution >= 0.6 is 0 Å². The van der Waals surface area contributed by atoms with Crippen LogP contribution in [0.25, 0.3) is 0 Å². The highest BCUT2D eigenvalue weighted by molar-refractivity contribution is 5.98. The Morgan fingerprint density at radius 2 is 2.25 bits per heavy atom. The second kappa shape index (κ2) is 6.13. The summed E-state index contributed by atoms with van der Waals surface area (Å²) in [7, 11) is 3.51. The fraction of sp³-hybridized carbons (Fsp3) is 0.533. The van der Waals surface area contributed by atoms with E-state index in [4.69, 9.17) is 10.5 Å². The van der Waals surface area contributed by atoms with Gasteiger partial charge in [0.25, 0.3) is 0 Å². The first-order valence-corrected chi connectivity index (χ1v) is 6.94. The number of esters is 1. The first-order valence-electron chi connectivity index (χ1n) is 6.94. The number of para-hydroxylation sites is 1. The molecule has 1 heterocycles. The van der Waals surface area contributed by atoms with Gasteiger partial charge < -0.3 is 20.7 Å². The fourth-order valence-corrected chi connectivity index (χ4v) is 2.77. The summed E-state index contributed by atoms with van der Waals surface area (Å²) in [5, 5.41) is 3.45. The van der Waals surface area contributed by atoms with Crippen LogP contribution in [0.2, 0.25) is 0 Å². The Morgan fingerprint density at radius 3 is 2.90 bits per heavy atom. The van der Waals surface area contributed by atoms with Gasteiger partial charge in [-0.3, -0.25) is 0 Å². The smallest absolute Gasteiger partial charge is 0.340 e. The van der Waals surface area contributed by atoms with E-state index >= 15 is 0 Å². The largest absolute Gasteiger partial charge is 0.465 e. The predicted molar refractivity (Wildman–Crippen MR) is 80.9 cm³/mol. The van der Waals surface area contributed by atoms with Gasteiger partial charge in [-0.05, 0) is 38.1 Å². The monoisotopic (exact) mass is 277 g/mol. The molecule has 0 amide bonds. The molecule has 1 aliphatic rings. The van der Waals surface area contributed by atoms with Crippen LogP contribution in [-0.2, 0) is 4.74 Å². The van der Waals surface area contributed by atoms with Crippen molar-refractivity contribution in [2.45, 2.75) is 19.4 Å². The van der Waals surface area contributed by atoms with Crippen LogP contribution in [0.15, 0.2) is 18.2 Å². The molecular weight excluding hydrogens is 254 g/mol. The minimum atomic E-state index is -0.361. The Hall–Kier alpha value is -1.75. The first kappa shape index (κ1) is 14.7. The van der Waals surface area contributed by atoms with Gasteiger partial charge in [-0.15, -0.1) is 0 Å². The highest BCUT2D eigenvalue weighted by Gasteiger charge is 2.26. The SMILES string of the molecule is COC(=O)c1cccc(N)c1NC1CCN(C)CC1C. The molecule has 3 N–H and O–H groups in total. The minimum Gasteiger partial charge on any atom is -0.465 e. The van der Waals surface area contributed by atoms with E-state index in [1.165, 1.54) is 7.11 Å². The number of methoxy groups -OCH3 is 1. The summed E-state index contributed by atoms with van der Waals surface area (Å²) >= 11 is 0. The molecule has 2 atom stereocenters. The van der Waals surface area contributed by atoms with Gasteiger partial charge in [-0.2, -0.15) is 0 Å². The number of carbonyl (C=O) groups excluding carboxylic acids is 1. The highest BCUT2D eigenvalue weighted by Crippen LogP contribution is 2.28. The van der Waals surface area contributed by atoms with Crippen molar-refractivity contribution in [3.05, 3.63) is 23.8 Å². The fourth-order valence-electron chi connectivity index (χ4n) is 2.77. The number of benzene rings is 1. The maximum atomic E-state index is 11.8. The molecule has 1 aliphatic heterocycles. The normalized spacial score (nSPS) is 23.4. The van der Waals surface area contributed by atoms with Crippen molar-refractivity contribution in [2.24, 2.45) is 5.92 Å². The second-order valence-electron chi connectivity index (χ2n) is 5.54. The topological polar surface area (TPSA) is 67.6 Å². The maximum absolute atomic E-state index is 11.8. The van der Waals surface area contributed by atoms with Gasteiger partial charge in [0.2, 0.25) is 0 Å². The van der Waals surface area contributed by atoms with Crippen molar-refractivity contribution in [1.82, 2.24) is 4.90 Å². The van der Waals surface area contributed by atoms with Gasteiger partial charge in [-0.1, -0.05) is 13.0 Å². The number of hydrogen-bond donors (Lipinski definition) is 2. The Labute approximate surface area is 120 Å². The van der Waals surface area contributed by atoms with Gasteiger partial charge in [0.05, 0.1) is 24.0 Å². The lowest BCUT2D eigenvalue weighted by molar-refractivity contribution is 0.0601. The summed E-state index contributed by atoms with van der Waals surface area (Å²) in [6, 6.07) is 5.63. The number of carbonyl (C=O) groups is 1. The summed E-state index contributed by atoms with van der Waals surface area (Å²) in [4.78, 5) is 14.2. The van der Waals surface area contributed by atoms with E-state index in [1.807, 2.05) is 0 Å². The van der Waals surface area contributed by atoms with E-state index in [9.17, 15) is 4.79 Å². The van der Waals surface area contributed by atoms with Gasteiger partial charge in [0, 0.05) is 12.6 Å². The molecule has 0 radical (unpaired) electrons. The number of nitrogen functional groups attached to an aromatic ring is 1. The van der Waals surface area contributed by atoms with Gasteiger partial charge in [0.1, 0.15) is 0 Å². The molecule has 1 fully saturated rings. The van der Waals surface area contributed by atoms with Crippen molar-refractivity contribution in [2.75, 3.05) is 38.3 Å². The molecule has 1 aromatic carbocycles. The molecule has 0 aromatic heterocycles. The van der Waals surface area contributed by atoms with Crippen molar-refractivity contribution in [1.29, 1.82) is 0 Å². The van der Waals surface area contributed by atoms with Crippen LogP contribution in [0.4, 0.5) is 11.4 Å². The molecule has 1 aromatic rings. The van der Waals surface area contributed by atoms with Crippen LogP contribution in [0.1, 0.15) is 23.7 Å². The third-order valence-corrected chi connectivity index (χ3v) is 3.94. The van der Waals surface area contributed by atoms with Gasteiger partial charge in [0.15, 0.2) is 0 Å². The molecule has 5 nitrogen and oxygen atoms in total. The Morgan fingerprint density at radius 1 is 1.50 bits per heavy atom. The highest BCUT2D eigenvalue weighted by atomic mass is 16.5. The van der Waals surface area contributed by atoms with Crippen LogP contribution in [-0.4, -0.2) is 44.2 Å². The molecule has 0 saturated carbocycles. The number of nitrogens with zero attached hydrogens (tertiary/aromatic N) is 1. The quantitative estimate of drug-likeness (QED) is 0.651. The lowest BCUT2D eigenvalue weighted by Crippen LogP contribution is -2.43. The zero-order valence-corrected chi connectivity index (χ0v) is 12.3. The van der Waals surface area contributed by atoms with Crippen LogP contribution in [0.5, 0.6) is 0 Å². The number of nitrogens with one attached hydrogen (secondary N) is 1. The second-order valence-corrected chi connectivity index (χ2v) is 5.54. The van der Waals surface area contributed by atoms with E-state index in [0.717, 1.165) is 19.5 Å². The molecule has 2 unspecified atom stereocenters. The average Bonchev–Trinajstić information content (AvgIpc) is 2.42. The molecule has 110 valence electrons. The van der Waals surface area contributed by atoms with Crippen LogP contribution < -0.4 is 11.1 Å². The number of anilines is 2. The number of likely N-dealkylation sites (tertiary alicyclic amines) is 1. The van der Waals surface area contributed by atoms with Gasteiger partial charge >= 0.3 is 5.97 Å². The van der Waals surface area contributed by atoms with Crippen molar-refractivity contribution < 1.29 is 9.53 Å². The lowest BCUT2D eigenvalue weighted by atomic mass is 9.93. The van der Waals surface area contributed by atoms with E-state index in [1.54, 1.807) is 18.2 Å². The molecule has 2 rings (SSSR count). The minimum absolute atomic E-state index is 0.319. The number of ether oxygens (including phenoxy) is 1. The summed E-state index contributed by atoms with van der Waals surface area (Å²) in [6.45, 7) is 4.30. The van der Waals surface area contributed by atoms with E-state index in [2.05, 4.69) is 24.2 Å². The predicted octanol–water partition coefficient (Wildman–Crippen LogP) is 1.81. The number of piperidine rings is 1. The molecule has 0 bridgehead atoms. The summed E-state index contributed by atoms with van der Waals surface area (Å²) in [6.07, 6.45) is 1.03. The summed E-state index contributed by atoms with van der Waals surface area (Å²) < 4.78 is 4.82. The third-order valence-electron chi connectivity index (χ3n) is 3.94. The Kier molecular flexibility index (Phi) is 4.49. The lowest BCUT2D eigenvalue weighted by Gasteiger charge is -2.36. The Balaban J connectivity index is 2.22. The average molecular weight is 277 g/mol. The van der Waals surface area contributed by atoms with Crippen LogP contribution in [0.3, 0.4) is 0 Å². The first-order chi connectivity index (χ1) is 9.52. The Bertz CT molecular complexity index is 490. The molecule has 20 heavy (non-hydrogen) atoms. The zero-order valence-electron chi connectivity index (χ0n) is 12.3. The number of hydrogen-bond acceptors (Lipinski definition) is 5.